The first kappa shape index (κ1) is 22.3. The van der Waals surface area contributed by atoms with Gasteiger partial charge in [0.05, 0.1) is 0 Å². The molecule has 2 aromatic carbocycles. The van der Waals surface area contributed by atoms with Crippen LogP contribution >= 0.6 is 0 Å². The monoisotopic (exact) mass is 380 g/mol. The van der Waals surface area contributed by atoms with Gasteiger partial charge in [0, 0.05) is 24.5 Å². The molecule has 0 spiro atoms. The Hall–Kier alpha value is -1.96. The molecule has 0 atom stereocenters. The summed E-state index contributed by atoms with van der Waals surface area (Å²) in [7, 11) is 0. The van der Waals surface area contributed by atoms with Crippen LogP contribution in [0.3, 0.4) is 0 Å². The van der Waals surface area contributed by atoms with Crippen LogP contribution in [-0.2, 0) is 0 Å². The molecule has 0 saturated heterocycles. The number of rotatable bonds is 8. The summed E-state index contributed by atoms with van der Waals surface area (Å²) < 4.78 is 0. The van der Waals surface area contributed by atoms with Crippen LogP contribution in [0.15, 0.2) is 6.07 Å². The Kier molecular flexibility index (Phi) is 7.57. The Bertz CT molecular complexity index is 791. The zero-order valence-electron chi connectivity index (χ0n) is 19.6. The predicted molar refractivity (Wildman–Crippen MR) is 126 cm³/mol. The van der Waals surface area contributed by atoms with Gasteiger partial charge in [-0.2, -0.15) is 0 Å². The molecule has 0 aliphatic rings. The van der Waals surface area contributed by atoms with Crippen molar-refractivity contribution in [1.82, 2.24) is 0 Å². The van der Waals surface area contributed by atoms with Gasteiger partial charge in [-0.15, -0.1) is 0 Å². The third kappa shape index (κ3) is 4.71. The van der Waals surface area contributed by atoms with E-state index in [1.165, 1.54) is 80.7 Å². The first-order valence-corrected chi connectivity index (χ1v) is 10.8. The molecule has 0 fully saturated rings. The largest absolute Gasteiger partial charge is 0.385 e. The molecule has 0 radical (unpaired) electrons. The van der Waals surface area contributed by atoms with Crippen molar-refractivity contribution in [2.45, 2.75) is 81.6 Å². The molecule has 0 bridgehead atoms. The Morgan fingerprint density at radius 2 is 0.821 bits per heavy atom. The maximum absolute atomic E-state index is 3.71. The SMILES string of the molecule is Cc1cc(C)c(C)c(NCCCCCNc2c(C)c(C)c(C)c(C)c2C)c1C. The first-order chi connectivity index (χ1) is 13.2. The van der Waals surface area contributed by atoms with Crippen molar-refractivity contribution < 1.29 is 0 Å². The minimum Gasteiger partial charge on any atom is -0.385 e. The highest BCUT2D eigenvalue weighted by molar-refractivity contribution is 5.64. The molecule has 0 aliphatic heterocycles. The lowest BCUT2D eigenvalue weighted by Crippen LogP contribution is -2.10. The molecule has 0 unspecified atom stereocenters. The maximum Gasteiger partial charge on any atom is 0.0405 e. The van der Waals surface area contributed by atoms with Crippen molar-refractivity contribution in [3.8, 4) is 0 Å². The minimum absolute atomic E-state index is 1.05. The molecule has 0 heterocycles. The van der Waals surface area contributed by atoms with Crippen molar-refractivity contribution in [2.75, 3.05) is 23.7 Å². The second kappa shape index (κ2) is 9.49. The molecule has 2 nitrogen and oxygen atoms in total. The highest BCUT2D eigenvalue weighted by Crippen LogP contribution is 2.30. The van der Waals surface area contributed by atoms with E-state index in [2.05, 4.69) is 79.0 Å². The van der Waals surface area contributed by atoms with Crippen molar-refractivity contribution in [1.29, 1.82) is 0 Å². The number of benzene rings is 2. The van der Waals surface area contributed by atoms with E-state index >= 15 is 0 Å². The molecule has 2 rings (SSSR count). The van der Waals surface area contributed by atoms with Gasteiger partial charge < -0.3 is 10.6 Å². The lowest BCUT2D eigenvalue weighted by molar-refractivity contribution is 0.720. The van der Waals surface area contributed by atoms with E-state index in [9.17, 15) is 0 Å². The Morgan fingerprint density at radius 3 is 1.25 bits per heavy atom. The number of anilines is 2. The standard InChI is InChI=1S/C26H40N2/c1-16-15-17(2)19(4)25(18(16)3)27-13-11-10-12-14-28-26-23(8)21(6)20(5)22(7)24(26)9/h15,27-28H,10-14H2,1-9H3. The summed E-state index contributed by atoms with van der Waals surface area (Å²) in [6.07, 6.45) is 3.65. The number of hydrogen-bond acceptors (Lipinski definition) is 2. The van der Waals surface area contributed by atoms with Gasteiger partial charge in [-0.25, -0.2) is 0 Å². The molecule has 2 heteroatoms. The van der Waals surface area contributed by atoms with Crippen LogP contribution in [0, 0.1) is 62.3 Å². The van der Waals surface area contributed by atoms with Crippen LogP contribution in [0.2, 0.25) is 0 Å². The van der Waals surface area contributed by atoms with Gasteiger partial charge in [0.1, 0.15) is 0 Å². The Labute approximate surface area is 173 Å². The van der Waals surface area contributed by atoms with E-state index in [1.807, 2.05) is 0 Å². The van der Waals surface area contributed by atoms with Gasteiger partial charge in [-0.3, -0.25) is 0 Å². The number of nitrogens with one attached hydrogen (secondary N) is 2. The summed E-state index contributed by atoms with van der Waals surface area (Å²) in [6, 6.07) is 2.29. The summed E-state index contributed by atoms with van der Waals surface area (Å²) in [6.45, 7) is 22.2. The van der Waals surface area contributed by atoms with E-state index in [-0.39, 0.29) is 0 Å². The average molecular weight is 381 g/mol. The molecule has 0 aromatic heterocycles. The fourth-order valence-corrected chi connectivity index (χ4v) is 4.10. The lowest BCUT2D eigenvalue weighted by Gasteiger charge is -2.20. The fourth-order valence-electron chi connectivity index (χ4n) is 4.10. The summed E-state index contributed by atoms with van der Waals surface area (Å²) >= 11 is 0. The van der Waals surface area contributed by atoms with Gasteiger partial charge >= 0.3 is 0 Å². The Balaban J connectivity index is 1.82. The maximum atomic E-state index is 3.71. The normalized spacial score (nSPS) is 11.0. The van der Waals surface area contributed by atoms with Crippen molar-refractivity contribution in [2.24, 2.45) is 0 Å². The summed E-state index contributed by atoms with van der Waals surface area (Å²) in [5.41, 5.74) is 15.3. The molecule has 28 heavy (non-hydrogen) atoms. The third-order valence-electron chi connectivity index (χ3n) is 6.82. The predicted octanol–water partition coefficient (Wildman–Crippen LogP) is 7.16. The van der Waals surface area contributed by atoms with Crippen molar-refractivity contribution in [3.63, 3.8) is 0 Å². The van der Waals surface area contributed by atoms with E-state index in [0.29, 0.717) is 0 Å². The van der Waals surface area contributed by atoms with E-state index in [4.69, 9.17) is 0 Å². The molecule has 0 saturated carbocycles. The van der Waals surface area contributed by atoms with Crippen LogP contribution in [0.5, 0.6) is 0 Å². The van der Waals surface area contributed by atoms with Crippen LogP contribution in [-0.4, -0.2) is 13.1 Å². The minimum atomic E-state index is 1.05. The van der Waals surface area contributed by atoms with Gasteiger partial charge in [-0.05, 0) is 132 Å². The quantitative estimate of drug-likeness (QED) is 0.475. The zero-order valence-corrected chi connectivity index (χ0v) is 19.6. The second-order valence-corrected chi connectivity index (χ2v) is 8.55. The molecular formula is C26H40N2. The van der Waals surface area contributed by atoms with E-state index in [1.54, 1.807) is 0 Å². The van der Waals surface area contributed by atoms with Crippen LogP contribution in [0.4, 0.5) is 11.4 Å². The average Bonchev–Trinajstić information content (AvgIpc) is 2.67. The van der Waals surface area contributed by atoms with Gasteiger partial charge in [0.15, 0.2) is 0 Å². The third-order valence-corrected chi connectivity index (χ3v) is 6.82. The molecule has 154 valence electrons. The second-order valence-electron chi connectivity index (χ2n) is 8.55. The van der Waals surface area contributed by atoms with Gasteiger partial charge in [-0.1, -0.05) is 6.07 Å². The zero-order chi connectivity index (χ0) is 21.0. The smallest absolute Gasteiger partial charge is 0.0405 e. The molecule has 2 N–H and O–H groups in total. The first-order valence-electron chi connectivity index (χ1n) is 10.8. The molecule has 0 aliphatic carbocycles. The van der Waals surface area contributed by atoms with Crippen LogP contribution in [0.25, 0.3) is 0 Å². The van der Waals surface area contributed by atoms with E-state index in [0.717, 1.165) is 13.1 Å². The van der Waals surface area contributed by atoms with Crippen LogP contribution < -0.4 is 10.6 Å². The highest BCUT2D eigenvalue weighted by Gasteiger charge is 2.11. The van der Waals surface area contributed by atoms with Crippen molar-refractivity contribution in [3.05, 3.63) is 56.1 Å². The summed E-state index contributed by atoms with van der Waals surface area (Å²) in [5.74, 6) is 0. The van der Waals surface area contributed by atoms with Gasteiger partial charge in [0.25, 0.3) is 0 Å². The fraction of sp³-hybridized carbons (Fsp3) is 0.538. The van der Waals surface area contributed by atoms with Crippen LogP contribution in [0.1, 0.15) is 69.3 Å². The summed E-state index contributed by atoms with van der Waals surface area (Å²) in [4.78, 5) is 0. The number of aryl methyl sites for hydroxylation is 2. The van der Waals surface area contributed by atoms with Gasteiger partial charge in [0.2, 0.25) is 0 Å². The highest BCUT2D eigenvalue weighted by atomic mass is 14.9. The molecule has 2 aromatic rings. The Morgan fingerprint density at radius 1 is 0.464 bits per heavy atom. The van der Waals surface area contributed by atoms with Crippen molar-refractivity contribution >= 4 is 11.4 Å². The molecular weight excluding hydrogens is 340 g/mol. The lowest BCUT2D eigenvalue weighted by atomic mass is 9.93. The topological polar surface area (TPSA) is 24.1 Å². The summed E-state index contributed by atoms with van der Waals surface area (Å²) in [5, 5.41) is 7.40. The molecule has 0 amide bonds. The number of hydrogen-bond donors (Lipinski definition) is 2. The number of unbranched alkanes of at least 4 members (excludes halogenated alkanes) is 2. The van der Waals surface area contributed by atoms with E-state index < -0.39 is 0 Å².